The topological polar surface area (TPSA) is 71.2 Å². The Morgan fingerprint density at radius 1 is 1.00 bits per heavy atom. The van der Waals surface area contributed by atoms with Crippen LogP contribution in [-0.4, -0.2) is 29.8 Å². The molecule has 0 radical (unpaired) electrons. The molecule has 0 saturated heterocycles. The molecule has 0 fully saturated rings. The number of aliphatic imine (C=N–C) groups is 1. The van der Waals surface area contributed by atoms with Crippen molar-refractivity contribution in [1.29, 1.82) is 0 Å². The first-order valence-electron chi connectivity index (χ1n) is 12.2. The molecule has 3 aromatic carbocycles. The molecule has 2 aliphatic rings. The number of hydrogen-bond donors (Lipinski definition) is 1. The fourth-order valence-corrected chi connectivity index (χ4v) is 4.46. The number of amidine groups is 2. The Morgan fingerprint density at radius 3 is 2.38 bits per heavy atom. The molecule has 0 spiro atoms. The lowest BCUT2D eigenvalue weighted by molar-refractivity contribution is -0.132. The van der Waals surface area contributed by atoms with Gasteiger partial charge < -0.3 is 9.84 Å². The van der Waals surface area contributed by atoms with Gasteiger partial charge in [-0.1, -0.05) is 37.6 Å². The Kier molecular flexibility index (Phi) is 6.54. The number of aliphatic hydroxyl groups excluding tert-OH is 1. The smallest absolute Gasteiger partial charge is 0.340 e. The minimum Gasteiger partial charge on any atom is -0.504 e. The molecular formula is C30H27FN3O3+. The van der Waals surface area contributed by atoms with Gasteiger partial charge in [-0.05, 0) is 70.7 Å². The fourth-order valence-electron chi connectivity index (χ4n) is 4.46. The largest absolute Gasteiger partial charge is 0.504 e. The molecule has 0 bridgehead atoms. The fraction of sp³-hybridized carbons (Fsp3) is 0.167. The number of halogens is 1. The second-order valence-corrected chi connectivity index (χ2v) is 9.11. The second kappa shape index (κ2) is 9.95. The zero-order chi connectivity index (χ0) is 26.0. The summed E-state index contributed by atoms with van der Waals surface area (Å²) in [6.45, 7) is 2.14. The van der Waals surface area contributed by atoms with E-state index in [1.165, 1.54) is 12.1 Å². The molecule has 37 heavy (non-hydrogen) atoms. The van der Waals surface area contributed by atoms with Crippen LogP contribution in [0.15, 0.2) is 100 Å². The van der Waals surface area contributed by atoms with Crippen molar-refractivity contribution in [1.82, 2.24) is 4.59 Å². The first-order valence-corrected chi connectivity index (χ1v) is 12.2. The molecule has 186 valence electrons. The number of cyclic esters (lactones) is 1. The lowest BCUT2D eigenvalue weighted by atomic mass is 9.98. The normalized spacial score (nSPS) is 20.0. The average molecular weight is 497 g/mol. The van der Waals surface area contributed by atoms with E-state index < -0.39 is 5.97 Å². The maximum Gasteiger partial charge on any atom is 0.340 e. The summed E-state index contributed by atoms with van der Waals surface area (Å²) in [6.07, 6.45) is 5.54. The summed E-state index contributed by atoms with van der Waals surface area (Å²) in [5.74, 6) is 0.588. The van der Waals surface area contributed by atoms with Gasteiger partial charge in [0.2, 0.25) is 11.7 Å². The molecule has 1 atom stereocenters. The van der Waals surface area contributed by atoms with Crippen molar-refractivity contribution in [2.45, 2.75) is 26.2 Å². The van der Waals surface area contributed by atoms with Crippen LogP contribution in [0.3, 0.4) is 0 Å². The third-order valence-electron chi connectivity index (χ3n) is 6.53. The number of quaternary nitrogens is 1. The molecule has 0 aromatic heterocycles. The van der Waals surface area contributed by atoms with Crippen LogP contribution in [0.4, 0.5) is 10.1 Å². The molecule has 6 nitrogen and oxygen atoms in total. The highest BCUT2D eigenvalue weighted by atomic mass is 19.1. The number of esters is 1. The average Bonchev–Trinajstić information content (AvgIpc) is 3.41. The van der Waals surface area contributed by atoms with Crippen LogP contribution in [0, 0.1) is 5.82 Å². The highest BCUT2D eigenvalue weighted by Gasteiger charge is 2.38. The molecule has 0 aliphatic carbocycles. The van der Waals surface area contributed by atoms with E-state index in [2.05, 4.69) is 6.92 Å². The Balaban J connectivity index is 1.49. The van der Waals surface area contributed by atoms with Gasteiger partial charge in [0.15, 0.2) is 17.2 Å². The number of unbranched alkanes of at least 4 members (excludes halogenated alkanes) is 1. The van der Waals surface area contributed by atoms with Crippen LogP contribution < -0.4 is 4.59 Å². The summed E-state index contributed by atoms with van der Waals surface area (Å²) >= 11 is 0. The Hall–Kier alpha value is -4.36. The zero-order valence-electron chi connectivity index (χ0n) is 20.7. The second-order valence-electron chi connectivity index (χ2n) is 9.11. The number of hydrogen-bond acceptors (Lipinski definition) is 5. The quantitative estimate of drug-likeness (QED) is 0.291. The van der Waals surface area contributed by atoms with Gasteiger partial charge >= 0.3 is 5.97 Å². The summed E-state index contributed by atoms with van der Waals surface area (Å²) in [5, 5.41) is 14.9. The number of carbonyl (C=O) groups is 1. The maximum atomic E-state index is 13.5. The van der Waals surface area contributed by atoms with Crippen LogP contribution in [0.25, 0.3) is 17.2 Å². The van der Waals surface area contributed by atoms with Crippen molar-refractivity contribution in [3.63, 3.8) is 0 Å². The summed E-state index contributed by atoms with van der Waals surface area (Å²) in [7, 11) is 2.02. The van der Waals surface area contributed by atoms with E-state index in [0.717, 1.165) is 59.1 Å². The molecule has 0 saturated carbocycles. The number of benzene rings is 3. The summed E-state index contributed by atoms with van der Waals surface area (Å²) in [4.78, 5) is 16.3. The number of carbonyl (C=O) groups excluding carboxylic acids is 1. The predicted octanol–water partition coefficient (Wildman–Crippen LogP) is 6.73. The third-order valence-corrected chi connectivity index (χ3v) is 6.53. The molecule has 1 unspecified atom stereocenters. The van der Waals surface area contributed by atoms with Gasteiger partial charge in [-0.2, -0.15) is 4.99 Å². The Bertz CT molecular complexity index is 1470. The van der Waals surface area contributed by atoms with E-state index in [1.807, 2.05) is 55.6 Å². The van der Waals surface area contributed by atoms with Gasteiger partial charge in [-0.3, -0.25) is 0 Å². The summed E-state index contributed by atoms with van der Waals surface area (Å²) < 4.78 is 18.8. The van der Waals surface area contributed by atoms with E-state index >= 15 is 0 Å². The van der Waals surface area contributed by atoms with E-state index in [0.29, 0.717) is 5.84 Å². The highest BCUT2D eigenvalue weighted by molar-refractivity contribution is 6.13. The van der Waals surface area contributed by atoms with Crippen LogP contribution in [0.1, 0.15) is 37.3 Å². The zero-order valence-corrected chi connectivity index (χ0v) is 20.7. The van der Waals surface area contributed by atoms with Crippen molar-refractivity contribution in [2.24, 2.45) is 10.1 Å². The van der Waals surface area contributed by atoms with E-state index in [9.17, 15) is 14.3 Å². The minimum absolute atomic E-state index is 0.128. The monoisotopic (exact) mass is 496 g/mol. The lowest BCUT2D eigenvalue weighted by Gasteiger charge is -2.24. The lowest BCUT2D eigenvalue weighted by Crippen LogP contribution is -2.43. The van der Waals surface area contributed by atoms with Crippen molar-refractivity contribution in [2.75, 3.05) is 7.05 Å². The van der Waals surface area contributed by atoms with Gasteiger partial charge in [0.05, 0.1) is 6.08 Å². The Labute approximate surface area is 214 Å². The van der Waals surface area contributed by atoms with Crippen molar-refractivity contribution in [3.05, 3.63) is 107 Å². The molecule has 0 amide bonds. The number of aliphatic hydroxyl groups is 1. The predicted molar refractivity (Wildman–Crippen MR) is 144 cm³/mol. The molecule has 2 heterocycles. The van der Waals surface area contributed by atoms with Crippen LogP contribution in [0.5, 0.6) is 0 Å². The molecule has 5 rings (SSSR count). The number of nitrogens with zero attached hydrogens (tertiary/aromatic N) is 3. The molecule has 1 N–H and O–H groups in total. The van der Waals surface area contributed by atoms with Gasteiger partial charge in [0, 0.05) is 24.1 Å². The van der Waals surface area contributed by atoms with Crippen molar-refractivity contribution < 1.29 is 19.0 Å². The maximum absolute atomic E-state index is 13.5. The first-order chi connectivity index (χ1) is 17.9. The van der Waals surface area contributed by atoms with Gasteiger partial charge in [0.1, 0.15) is 12.9 Å². The van der Waals surface area contributed by atoms with Crippen LogP contribution in [0.2, 0.25) is 0 Å². The highest BCUT2D eigenvalue weighted by Crippen LogP contribution is 2.34. The van der Waals surface area contributed by atoms with E-state index in [1.54, 1.807) is 18.2 Å². The van der Waals surface area contributed by atoms with E-state index in [-0.39, 0.29) is 21.9 Å². The number of rotatable bonds is 7. The van der Waals surface area contributed by atoms with Gasteiger partial charge in [-0.15, -0.1) is 4.59 Å². The Morgan fingerprint density at radius 2 is 1.70 bits per heavy atom. The van der Waals surface area contributed by atoms with Crippen molar-refractivity contribution >= 4 is 29.4 Å². The van der Waals surface area contributed by atoms with Gasteiger partial charge in [0.25, 0.3) is 0 Å². The van der Waals surface area contributed by atoms with Crippen LogP contribution in [-0.2, 0) is 9.53 Å². The first kappa shape index (κ1) is 24.3. The summed E-state index contributed by atoms with van der Waals surface area (Å²) in [5.41, 5.74) is 4.43. The minimum atomic E-state index is -0.589. The van der Waals surface area contributed by atoms with Gasteiger partial charge in [-0.25, -0.2) is 9.18 Å². The number of ether oxygens (including phenoxy) is 1. The molecule has 7 heteroatoms. The summed E-state index contributed by atoms with van der Waals surface area (Å²) in [6, 6.07) is 22.1. The standard InChI is InChI=1S/C30H26FN3O3/c1-3-4-9-28-32-30(21-10-14-23(31)15-11-21)33-34(28,2)24-16-12-20(13-17-24)25-8-6-5-7-22(25)18-27-26(35)19-29(36)37-27/h5-8,10-19H,3-4,9H2,1-2H3/p+1/b27-18-. The third kappa shape index (κ3) is 4.86. The molecule has 2 aliphatic heterocycles. The van der Waals surface area contributed by atoms with Crippen LogP contribution >= 0.6 is 0 Å². The van der Waals surface area contributed by atoms with Crippen molar-refractivity contribution in [3.8, 4) is 11.1 Å². The van der Waals surface area contributed by atoms with E-state index in [4.69, 9.17) is 14.8 Å². The SMILES string of the molecule is CCCCC1=NC(c2ccc(F)cc2)=N[N+]1(C)c1ccc(-c2ccccc2/C=C2\OC(=O)C=C2O)cc1. The molecular weight excluding hydrogens is 469 g/mol. The molecule has 3 aromatic rings.